The summed E-state index contributed by atoms with van der Waals surface area (Å²) >= 11 is 0. The van der Waals surface area contributed by atoms with Crippen molar-refractivity contribution in [2.75, 3.05) is 0 Å². The molecule has 0 fully saturated rings. The molecule has 1 aromatic rings. The molecule has 0 unspecified atom stereocenters. The van der Waals surface area contributed by atoms with E-state index in [0.717, 1.165) is 6.07 Å². The molecule has 0 amide bonds. The first-order valence-corrected chi connectivity index (χ1v) is 5.19. The first-order valence-electron chi connectivity index (χ1n) is 5.19. The van der Waals surface area contributed by atoms with E-state index in [4.69, 9.17) is 5.73 Å². The minimum absolute atomic E-state index is 0.225. The molecular formula is C11H10F7N. The molecule has 0 heterocycles. The zero-order valence-corrected chi connectivity index (χ0v) is 9.45. The van der Waals surface area contributed by atoms with Crippen LogP contribution in [-0.2, 0) is 6.18 Å². The zero-order valence-electron chi connectivity index (χ0n) is 9.45. The summed E-state index contributed by atoms with van der Waals surface area (Å²) < 4.78 is 86.0. The quantitative estimate of drug-likeness (QED) is 0.830. The van der Waals surface area contributed by atoms with Crippen molar-refractivity contribution in [3.8, 4) is 0 Å². The van der Waals surface area contributed by atoms with E-state index >= 15 is 0 Å². The van der Waals surface area contributed by atoms with Gasteiger partial charge < -0.3 is 5.73 Å². The van der Waals surface area contributed by atoms with Gasteiger partial charge in [0.1, 0.15) is 5.82 Å². The van der Waals surface area contributed by atoms with Crippen molar-refractivity contribution in [2.24, 2.45) is 5.73 Å². The molecule has 1 atom stereocenters. The van der Waals surface area contributed by atoms with Gasteiger partial charge in [0.15, 0.2) is 0 Å². The standard InChI is InChI=1S/C11H10F7N/c12-8-5-6(11(16,17)18)1-2-7(8)9(19)3-4-10(13,14)15/h1-2,5,9H,3-4,19H2/t9-/m1/s1. The van der Waals surface area contributed by atoms with E-state index in [2.05, 4.69) is 0 Å². The molecule has 0 aromatic heterocycles. The van der Waals surface area contributed by atoms with Crippen LogP contribution in [-0.4, -0.2) is 6.18 Å². The molecule has 8 heteroatoms. The molecule has 108 valence electrons. The number of halogens is 7. The van der Waals surface area contributed by atoms with Gasteiger partial charge in [0.05, 0.1) is 5.56 Å². The van der Waals surface area contributed by atoms with Gasteiger partial charge in [0, 0.05) is 18.0 Å². The molecule has 1 nitrogen and oxygen atoms in total. The van der Waals surface area contributed by atoms with Crippen molar-refractivity contribution < 1.29 is 30.7 Å². The summed E-state index contributed by atoms with van der Waals surface area (Å²) in [5, 5.41) is 0. The minimum Gasteiger partial charge on any atom is -0.324 e. The number of rotatable bonds is 3. The van der Waals surface area contributed by atoms with Crippen molar-refractivity contribution in [3.63, 3.8) is 0 Å². The maximum absolute atomic E-state index is 13.4. The Morgan fingerprint density at radius 3 is 2.05 bits per heavy atom. The topological polar surface area (TPSA) is 26.0 Å². The molecule has 0 aliphatic rings. The first-order chi connectivity index (χ1) is 8.50. The lowest BCUT2D eigenvalue weighted by Crippen LogP contribution is -2.17. The Morgan fingerprint density at radius 2 is 1.63 bits per heavy atom. The van der Waals surface area contributed by atoms with Crippen LogP contribution < -0.4 is 5.73 Å². The predicted octanol–water partition coefficient (Wildman–Crippen LogP) is 4.19. The molecule has 0 radical (unpaired) electrons. The summed E-state index contributed by atoms with van der Waals surface area (Å²) in [7, 11) is 0. The normalized spacial score (nSPS) is 14.5. The van der Waals surface area contributed by atoms with E-state index in [1.807, 2.05) is 0 Å². The van der Waals surface area contributed by atoms with Gasteiger partial charge >= 0.3 is 12.4 Å². The monoisotopic (exact) mass is 289 g/mol. The van der Waals surface area contributed by atoms with Crippen molar-refractivity contribution in [2.45, 2.75) is 31.2 Å². The average Bonchev–Trinajstić information content (AvgIpc) is 2.23. The lowest BCUT2D eigenvalue weighted by molar-refractivity contribution is -0.137. The highest BCUT2D eigenvalue weighted by molar-refractivity contribution is 5.28. The highest BCUT2D eigenvalue weighted by Crippen LogP contribution is 2.32. The van der Waals surface area contributed by atoms with Crippen molar-refractivity contribution >= 4 is 0 Å². The van der Waals surface area contributed by atoms with Crippen LogP contribution in [0.25, 0.3) is 0 Å². The molecule has 2 N–H and O–H groups in total. The van der Waals surface area contributed by atoms with E-state index in [0.29, 0.717) is 6.07 Å². The molecule has 0 aliphatic carbocycles. The molecule has 1 aromatic carbocycles. The van der Waals surface area contributed by atoms with Crippen LogP contribution in [0.1, 0.15) is 30.0 Å². The van der Waals surface area contributed by atoms with Gasteiger partial charge in [-0.3, -0.25) is 0 Å². The number of benzene rings is 1. The molecule has 0 spiro atoms. The van der Waals surface area contributed by atoms with Crippen molar-refractivity contribution in [1.29, 1.82) is 0 Å². The third-order valence-corrected chi connectivity index (χ3v) is 2.47. The third kappa shape index (κ3) is 4.70. The summed E-state index contributed by atoms with van der Waals surface area (Å²) in [5.41, 5.74) is 3.77. The molecular weight excluding hydrogens is 279 g/mol. The second kappa shape index (κ2) is 5.36. The van der Waals surface area contributed by atoms with Crippen molar-refractivity contribution in [1.82, 2.24) is 0 Å². The second-order valence-corrected chi connectivity index (χ2v) is 3.99. The van der Waals surface area contributed by atoms with Crippen LogP contribution >= 0.6 is 0 Å². The lowest BCUT2D eigenvalue weighted by atomic mass is 10.0. The highest BCUT2D eigenvalue weighted by Gasteiger charge is 2.32. The molecule has 0 saturated carbocycles. The van der Waals surface area contributed by atoms with Crippen LogP contribution in [0.15, 0.2) is 18.2 Å². The summed E-state index contributed by atoms with van der Waals surface area (Å²) in [6.07, 6.45) is -11.0. The van der Waals surface area contributed by atoms with E-state index in [9.17, 15) is 30.7 Å². The predicted molar refractivity (Wildman–Crippen MR) is 53.6 cm³/mol. The van der Waals surface area contributed by atoms with E-state index < -0.39 is 42.6 Å². The summed E-state index contributed by atoms with van der Waals surface area (Å²) in [6, 6.07) is 0.275. The fourth-order valence-corrected chi connectivity index (χ4v) is 1.48. The minimum atomic E-state index is -4.71. The van der Waals surface area contributed by atoms with Crippen LogP contribution in [0.4, 0.5) is 30.7 Å². The molecule has 19 heavy (non-hydrogen) atoms. The van der Waals surface area contributed by atoms with Gasteiger partial charge in [-0.2, -0.15) is 26.3 Å². The first kappa shape index (κ1) is 15.7. The van der Waals surface area contributed by atoms with E-state index in [1.165, 1.54) is 0 Å². The van der Waals surface area contributed by atoms with E-state index in [1.54, 1.807) is 0 Å². The largest absolute Gasteiger partial charge is 0.416 e. The summed E-state index contributed by atoms with van der Waals surface area (Å²) in [6.45, 7) is 0. The fourth-order valence-electron chi connectivity index (χ4n) is 1.48. The van der Waals surface area contributed by atoms with E-state index in [-0.39, 0.29) is 11.6 Å². The molecule has 0 saturated heterocycles. The Balaban J connectivity index is 2.85. The summed E-state index contributed by atoms with van der Waals surface area (Å²) in [5.74, 6) is -1.26. The Bertz CT molecular complexity index is 436. The zero-order chi connectivity index (χ0) is 14.8. The van der Waals surface area contributed by atoms with Gasteiger partial charge in [0.2, 0.25) is 0 Å². The Kier molecular flexibility index (Phi) is 4.44. The number of alkyl halides is 6. The lowest BCUT2D eigenvalue weighted by Gasteiger charge is -2.15. The van der Waals surface area contributed by atoms with Crippen LogP contribution in [0.2, 0.25) is 0 Å². The van der Waals surface area contributed by atoms with Crippen molar-refractivity contribution in [3.05, 3.63) is 35.1 Å². The Hall–Kier alpha value is -1.31. The van der Waals surface area contributed by atoms with Crippen LogP contribution in [0, 0.1) is 5.82 Å². The van der Waals surface area contributed by atoms with Crippen LogP contribution in [0.5, 0.6) is 0 Å². The molecule has 0 aliphatic heterocycles. The van der Waals surface area contributed by atoms with Gasteiger partial charge in [-0.15, -0.1) is 0 Å². The second-order valence-electron chi connectivity index (χ2n) is 3.99. The SMILES string of the molecule is N[C@H](CCC(F)(F)F)c1ccc(C(F)(F)F)cc1F. The smallest absolute Gasteiger partial charge is 0.324 e. The number of nitrogens with two attached hydrogens (primary N) is 1. The number of hydrogen-bond acceptors (Lipinski definition) is 1. The fraction of sp³-hybridized carbons (Fsp3) is 0.455. The summed E-state index contributed by atoms with van der Waals surface area (Å²) in [4.78, 5) is 0. The van der Waals surface area contributed by atoms with Crippen LogP contribution in [0.3, 0.4) is 0 Å². The van der Waals surface area contributed by atoms with Gasteiger partial charge in [0.25, 0.3) is 0 Å². The number of hydrogen-bond donors (Lipinski definition) is 1. The van der Waals surface area contributed by atoms with Gasteiger partial charge in [-0.1, -0.05) is 6.07 Å². The average molecular weight is 289 g/mol. The third-order valence-electron chi connectivity index (χ3n) is 2.47. The maximum atomic E-state index is 13.4. The van der Waals surface area contributed by atoms with Gasteiger partial charge in [-0.05, 0) is 18.6 Å². The highest BCUT2D eigenvalue weighted by atomic mass is 19.4. The Morgan fingerprint density at radius 1 is 1.05 bits per heavy atom. The Labute approximate surface area is 104 Å². The molecule has 1 rings (SSSR count). The maximum Gasteiger partial charge on any atom is 0.416 e. The van der Waals surface area contributed by atoms with Gasteiger partial charge in [-0.25, -0.2) is 4.39 Å². The molecule has 0 bridgehead atoms.